The van der Waals surface area contributed by atoms with Gasteiger partial charge < -0.3 is 0 Å². The summed E-state index contributed by atoms with van der Waals surface area (Å²) in [5.41, 5.74) is 1.24. The second-order valence-corrected chi connectivity index (χ2v) is 4.49. The second-order valence-electron chi connectivity index (χ2n) is 4.49. The number of halogens is 1. The Kier molecular flexibility index (Phi) is 1.39. The molecule has 1 heteroatoms. The normalized spacial score (nSPS) is 43.7. The van der Waals surface area contributed by atoms with Crippen LogP contribution in [0, 0.1) is 17.3 Å². The fourth-order valence-electron chi connectivity index (χ4n) is 2.91. The Balaban J connectivity index is 2.36. The zero-order valence-corrected chi connectivity index (χ0v) is 7.23. The number of hydrogen-bond acceptors (Lipinski definition) is 0. The van der Waals surface area contributed by atoms with Crippen molar-refractivity contribution in [1.29, 1.82) is 0 Å². The van der Waals surface area contributed by atoms with Crippen LogP contribution >= 0.6 is 0 Å². The van der Waals surface area contributed by atoms with Crippen LogP contribution in [-0.2, 0) is 0 Å². The van der Waals surface area contributed by atoms with E-state index in [0.29, 0.717) is 5.92 Å². The van der Waals surface area contributed by atoms with E-state index in [-0.39, 0.29) is 5.41 Å². The van der Waals surface area contributed by atoms with Gasteiger partial charge in [-0.2, -0.15) is 0 Å². The predicted octanol–water partition coefficient (Wildman–Crippen LogP) is 3.30. The monoisotopic (exact) mass is 154 g/mol. The van der Waals surface area contributed by atoms with E-state index < -0.39 is 0 Å². The first kappa shape index (κ1) is 7.33. The lowest BCUT2D eigenvalue weighted by atomic mass is 9.73. The number of rotatable bonds is 0. The third-order valence-corrected chi connectivity index (χ3v) is 3.75. The van der Waals surface area contributed by atoms with Crippen LogP contribution in [0.1, 0.15) is 33.1 Å². The van der Waals surface area contributed by atoms with Crippen molar-refractivity contribution in [3.8, 4) is 0 Å². The molecule has 0 saturated heterocycles. The minimum Gasteiger partial charge on any atom is -0.216 e. The maximum absolute atomic E-state index is 12.5. The van der Waals surface area contributed by atoms with Gasteiger partial charge in [0.1, 0.15) is 0 Å². The van der Waals surface area contributed by atoms with Gasteiger partial charge in [0.05, 0.1) is 6.33 Å². The van der Waals surface area contributed by atoms with Crippen LogP contribution in [0.5, 0.6) is 0 Å². The molecule has 2 atom stereocenters. The second kappa shape index (κ2) is 2.09. The van der Waals surface area contributed by atoms with E-state index in [1.165, 1.54) is 19.3 Å². The molecular formula is C10H15F. The van der Waals surface area contributed by atoms with Gasteiger partial charge in [0.2, 0.25) is 0 Å². The average molecular weight is 154 g/mol. The molecule has 0 aromatic rings. The molecule has 2 saturated carbocycles. The lowest BCUT2D eigenvalue weighted by molar-refractivity contribution is 0.284. The summed E-state index contributed by atoms with van der Waals surface area (Å²) in [5.74, 6) is 1.34. The topological polar surface area (TPSA) is 0 Å². The van der Waals surface area contributed by atoms with E-state index in [4.69, 9.17) is 0 Å². The lowest BCUT2D eigenvalue weighted by Crippen LogP contribution is -2.22. The summed E-state index contributed by atoms with van der Waals surface area (Å²) < 4.78 is 12.5. The van der Waals surface area contributed by atoms with E-state index >= 15 is 0 Å². The zero-order valence-electron chi connectivity index (χ0n) is 7.23. The van der Waals surface area contributed by atoms with Gasteiger partial charge in [-0.3, -0.25) is 0 Å². The minimum atomic E-state index is 0.164. The van der Waals surface area contributed by atoms with Gasteiger partial charge in [0.15, 0.2) is 0 Å². The minimum absolute atomic E-state index is 0.164. The largest absolute Gasteiger partial charge is 0.216 e. The fraction of sp³-hybridized carbons (Fsp3) is 0.800. The van der Waals surface area contributed by atoms with Crippen LogP contribution in [-0.4, -0.2) is 0 Å². The van der Waals surface area contributed by atoms with Crippen LogP contribution in [0.15, 0.2) is 11.9 Å². The summed E-state index contributed by atoms with van der Waals surface area (Å²) in [6.07, 6.45) is 4.64. The Morgan fingerprint density at radius 1 is 1.45 bits per heavy atom. The van der Waals surface area contributed by atoms with Crippen molar-refractivity contribution >= 4 is 0 Å². The Morgan fingerprint density at radius 2 is 2.18 bits per heavy atom. The molecule has 0 aliphatic heterocycles. The van der Waals surface area contributed by atoms with E-state index in [2.05, 4.69) is 13.8 Å². The van der Waals surface area contributed by atoms with Gasteiger partial charge >= 0.3 is 0 Å². The summed E-state index contributed by atoms with van der Waals surface area (Å²) in [6.45, 7) is 4.37. The van der Waals surface area contributed by atoms with Crippen LogP contribution in [0.3, 0.4) is 0 Å². The van der Waals surface area contributed by atoms with Gasteiger partial charge in [0.25, 0.3) is 0 Å². The summed E-state index contributed by atoms with van der Waals surface area (Å²) in [5, 5.41) is 0. The van der Waals surface area contributed by atoms with Crippen molar-refractivity contribution in [3.63, 3.8) is 0 Å². The highest BCUT2D eigenvalue weighted by Gasteiger charge is 2.48. The highest BCUT2D eigenvalue weighted by molar-refractivity contribution is 5.24. The molecule has 0 spiro atoms. The first-order valence-corrected chi connectivity index (χ1v) is 4.47. The molecule has 0 aromatic carbocycles. The highest BCUT2D eigenvalue weighted by Crippen LogP contribution is 2.58. The van der Waals surface area contributed by atoms with Gasteiger partial charge in [0, 0.05) is 0 Å². The maximum atomic E-state index is 12.5. The number of hydrogen-bond donors (Lipinski definition) is 0. The average Bonchev–Trinajstić information content (AvgIpc) is 2.44. The van der Waals surface area contributed by atoms with Crippen molar-refractivity contribution in [1.82, 2.24) is 0 Å². The standard InChI is InChI=1S/C10H15F/c1-10(2)8-4-3-7(5-8)9(10)6-11/h6-8H,3-5H2,1-2H3/b9-6-/t7-,8+/m1/s1. The Morgan fingerprint density at radius 3 is 2.55 bits per heavy atom. The molecule has 62 valence electrons. The van der Waals surface area contributed by atoms with Crippen LogP contribution < -0.4 is 0 Å². The molecule has 0 unspecified atom stereocenters. The van der Waals surface area contributed by atoms with E-state index in [1.54, 1.807) is 0 Å². The van der Waals surface area contributed by atoms with E-state index in [9.17, 15) is 4.39 Å². The number of allylic oxidation sites excluding steroid dienone is 1. The Hall–Kier alpha value is -0.330. The Bertz CT molecular complexity index is 203. The van der Waals surface area contributed by atoms with Crippen molar-refractivity contribution in [2.24, 2.45) is 17.3 Å². The van der Waals surface area contributed by atoms with Crippen LogP contribution in [0.25, 0.3) is 0 Å². The molecule has 2 aliphatic rings. The third kappa shape index (κ3) is 0.800. The summed E-state index contributed by atoms with van der Waals surface area (Å²) in [4.78, 5) is 0. The molecule has 2 bridgehead atoms. The van der Waals surface area contributed by atoms with Crippen molar-refractivity contribution in [2.45, 2.75) is 33.1 Å². The maximum Gasteiger partial charge on any atom is 0.0867 e. The third-order valence-electron chi connectivity index (χ3n) is 3.75. The lowest BCUT2D eigenvalue weighted by Gasteiger charge is -2.31. The molecule has 2 rings (SSSR count). The first-order chi connectivity index (χ1) is 5.16. The molecule has 0 amide bonds. The number of fused-ring (bicyclic) bond motifs is 2. The molecular weight excluding hydrogens is 139 g/mol. The molecule has 0 N–H and O–H groups in total. The van der Waals surface area contributed by atoms with E-state index in [0.717, 1.165) is 17.8 Å². The highest BCUT2D eigenvalue weighted by atomic mass is 19.1. The van der Waals surface area contributed by atoms with Gasteiger partial charge in [-0.1, -0.05) is 13.8 Å². The summed E-state index contributed by atoms with van der Waals surface area (Å²) in [6, 6.07) is 0. The van der Waals surface area contributed by atoms with Crippen LogP contribution in [0.2, 0.25) is 0 Å². The molecule has 0 heterocycles. The smallest absolute Gasteiger partial charge is 0.0867 e. The van der Waals surface area contributed by atoms with Gasteiger partial charge in [-0.05, 0) is 42.1 Å². The Labute approximate surface area is 67.5 Å². The fourth-order valence-corrected chi connectivity index (χ4v) is 2.91. The molecule has 11 heavy (non-hydrogen) atoms. The van der Waals surface area contributed by atoms with Gasteiger partial charge in [-0.25, -0.2) is 4.39 Å². The molecule has 0 nitrogen and oxygen atoms in total. The molecule has 2 fully saturated rings. The summed E-state index contributed by atoms with van der Waals surface area (Å²) in [7, 11) is 0. The molecule has 2 aliphatic carbocycles. The predicted molar refractivity (Wildman–Crippen MR) is 43.8 cm³/mol. The molecule has 0 aromatic heterocycles. The first-order valence-electron chi connectivity index (χ1n) is 4.47. The quantitative estimate of drug-likeness (QED) is 0.502. The van der Waals surface area contributed by atoms with E-state index in [1.807, 2.05) is 0 Å². The van der Waals surface area contributed by atoms with Crippen molar-refractivity contribution in [3.05, 3.63) is 11.9 Å². The van der Waals surface area contributed by atoms with Crippen molar-refractivity contribution < 1.29 is 4.39 Å². The molecule has 0 radical (unpaired) electrons. The summed E-state index contributed by atoms with van der Waals surface area (Å²) >= 11 is 0. The van der Waals surface area contributed by atoms with Crippen LogP contribution in [0.4, 0.5) is 4.39 Å². The van der Waals surface area contributed by atoms with Crippen molar-refractivity contribution in [2.75, 3.05) is 0 Å². The zero-order chi connectivity index (χ0) is 8.06. The SMILES string of the molecule is CC1(C)/C(=C\F)[C@@H]2CC[C@H]1C2. The van der Waals surface area contributed by atoms with Gasteiger partial charge in [-0.15, -0.1) is 0 Å².